The van der Waals surface area contributed by atoms with Crippen molar-refractivity contribution in [2.75, 3.05) is 0 Å². The molecular formula is C23H19FN4O2S2. The average Bonchev–Trinajstić information content (AvgIpc) is 3.49. The molecule has 0 bridgehead atoms. The lowest BCUT2D eigenvalue weighted by atomic mass is 9.94. The quantitative estimate of drug-likeness (QED) is 0.381. The number of thiophene rings is 2. The van der Waals surface area contributed by atoms with Gasteiger partial charge in [0.1, 0.15) is 10.6 Å². The predicted octanol–water partition coefficient (Wildman–Crippen LogP) is 4.87. The Labute approximate surface area is 190 Å². The molecule has 6 nitrogen and oxygen atoms in total. The van der Waals surface area contributed by atoms with Crippen LogP contribution in [0.3, 0.4) is 0 Å². The predicted molar refractivity (Wildman–Crippen MR) is 124 cm³/mol. The largest absolute Gasteiger partial charge is 0.370 e. The van der Waals surface area contributed by atoms with E-state index in [4.69, 9.17) is 9.72 Å². The fourth-order valence-corrected chi connectivity index (χ4v) is 6.06. The summed E-state index contributed by atoms with van der Waals surface area (Å²) in [6.45, 7) is 4.98. The van der Waals surface area contributed by atoms with Crippen LogP contribution >= 0.6 is 22.7 Å². The van der Waals surface area contributed by atoms with Gasteiger partial charge in [0.15, 0.2) is 11.5 Å². The monoisotopic (exact) mass is 466 g/mol. The molecule has 0 saturated carbocycles. The van der Waals surface area contributed by atoms with Gasteiger partial charge in [0.25, 0.3) is 0 Å². The summed E-state index contributed by atoms with van der Waals surface area (Å²) in [5, 5.41) is 7.51. The lowest BCUT2D eigenvalue weighted by Crippen LogP contribution is -2.31. The molecule has 1 aliphatic rings. The van der Waals surface area contributed by atoms with Crippen LogP contribution in [0.5, 0.6) is 0 Å². The second-order valence-electron chi connectivity index (χ2n) is 8.55. The van der Waals surface area contributed by atoms with Gasteiger partial charge in [0.2, 0.25) is 0 Å². The molecule has 0 unspecified atom stereocenters. The van der Waals surface area contributed by atoms with E-state index >= 15 is 0 Å². The van der Waals surface area contributed by atoms with Crippen molar-refractivity contribution in [3.05, 3.63) is 74.1 Å². The molecule has 5 heterocycles. The van der Waals surface area contributed by atoms with Gasteiger partial charge in [-0.05, 0) is 48.6 Å². The molecule has 0 atom stereocenters. The number of aromatic nitrogens is 4. The summed E-state index contributed by atoms with van der Waals surface area (Å²) in [5.74, 6) is 0.244. The first-order valence-electron chi connectivity index (χ1n) is 10.3. The van der Waals surface area contributed by atoms with Gasteiger partial charge in [-0.3, -0.25) is 4.57 Å². The zero-order chi connectivity index (χ0) is 22.0. The van der Waals surface area contributed by atoms with E-state index < -0.39 is 0 Å². The van der Waals surface area contributed by atoms with Gasteiger partial charge in [0.05, 0.1) is 29.0 Å². The van der Waals surface area contributed by atoms with E-state index in [-0.39, 0.29) is 17.1 Å². The maximum Gasteiger partial charge on any atom is 0.352 e. The number of fused-ring (bicyclic) bond motifs is 5. The average molecular weight is 467 g/mol. The number of hydrogen-bond donors (Lipinski definition) is 0. The third-order valence-electron chi connectivity index (χ3n) is 5.75. The molecule has 0 spiro atoms. The molecule has 0 fully saturated rings. The second kappa shape index (κ2) is 7.06. The minimum absolute atomic E-state index is 0.258. The van der Waals surface area contributed by atoms with Crippen molar-refractivity contribution >= 4 is 38.5 Å². The number of benzene rings is 1. The molecule has 32 heavy (non-hydrogen) atoms. The molecule has 6 rings (SSSR count). The van der Waals surface area contributed by atoms with E-state index in [1.54, 1.807) is 39.4 Å². The standard InChI is InChI=1S/C23H19FN4O2S2/c1-23(2)10-15-17(12-30-23)32-21-18(15)20-25-19(16-4-3-9-31-16)26-28(20)22(29)27(21)11-13-5-7-14(24)8-6-13/h3-9H,10-12H2,1-2H3. The SMILES string of the molecule is CC1(C)Cc2c(sc3c2c2nc(-c4cccs4)nn2c(=O)n3Cc2ccc(F)cc2)CO1. The van der Waals surface area contributed by atoms with Crippen LogP contribution < -0.4 is 5.69 Å². The molecule has 5 aromatic rings. The van der Waals surface area contributed by atoms with Gasteiger partial charge in [-0.15, -0.1) is 27.8 Å². The summed E-state index contributed by atoms with van der Waals surface area (Å²) in [7, 11) is 0. The zero-order valence-electron chi connectivity index (χ0n) is 17.5. The van der Waals surface area contributed by atoms with Crippen LogP contribution in [-0.2, 0) is 24.3 Å². The molecule has 1 aromatic carbocycles. The van der Waals surface area contributed by atoms with E-state index in [0.29, 0.717) is 24.6 Å². The molecule has 0 N–H and O–H groups in total. The van der Waals surface area contributed by atoms with Crippen LogP contribution in [0.1, 0.15) is 29.9 Å². The first-order chi connectivity index (χ1) is 15.4. The van der Waals surface area contributed by atoms with Gasteiger partial charge in [-0.1, -0.05) is 18.2 Å². The Kier molecular flexibility index (Phi) is 4.36. The summed E-state index contributed by atoms with van der Waals surface area (Å²) >= 11 is 3.11. The lowest BCUT2D eigenvalue weighted by molar-refractivity contribution is -0.0379. The minimum atomic E-state index is -0.301. The Bertz CT molecular complexity index is 1530. The third-order valence-corrected chi connectivity index (χ3v) is 7.85. The molecule has 0 saturated heterocycles. The number of halogens is 1. The summed E-state index contributed by atoms with van der Waals surface area (Å²) in [6, 6.07) is 10.1. The molecule has 4 aromatic heterocycles. The molecular weight excluding hydrogens is 447 g/mol. The van der Waals surface area contributed by atoms with Crippen molar-refractivity contribution in [1.29, 1.82) is 0 Å². The van der Waals surface area contributed by atoms with Crippen molar-refractivity contribution in [1.82, 2.24) is 19.2 Å². The van der Waals surface area contributed by atoms with E-state index in [1.165, 1.54) is 22.2 Å². The van der Waals surface area contributed by atoms with Crippen molar-refractivity contribution in [2.45, 2.75) is 39.0 Å². The summed E-state index contributed by atoms with van der Waals surface area (Å²) < 4.78 is 22.6. The summed E-state index contributed by atoms with van der Waals surface area (Å²) in [6.07, 6.45) is 0.730. The smallest absolute Gasteiger partial charge is 0.352 e. The van der Waals surface area contributed by atoms with E-state index in [2.05, 4.69) is 18.9 Å². The van der Waals surface area contributed by atoms with Gasteiger partial charge in [-0.25, -0.2) is 14.2 Å². The Morgan fingerprint density at radius 1 is 1.22 bits per heavy atom. The Hall–Kier alpha value is -2.88. The van der Waals surface area contributed by atoms with Crippen molar-refractivity contribution in [2.24, 2.45) is 0 Å². The number of hydrogen-bond acceptors (Lipinski definition) is 6. The molecule has 0 radical (unpaired) electrons. The first kappa shape index (κ1) is 19.8. The fourth-order valence-electron chi connectivity index (χ4n) is 4.19. The lowest BCUT2D eigenvalue weighted by Gasteiger charge is -2.30. The van der Waals surface area contributed by atoms with Crippen LogP contribution in [0.25, 0.3) is 26.6 Å². The highest BCUT2D eigenvalue weighted by Crippen LogP contribution is 2.40. The van der Waals surface area contributed by atoms with E-state index in [0.717, 1.165) is 32.0 Å². The zero-order valence-corrected chi connectivity index (χ0v) is 19.1. The molecule has 162 valence electrons. The molecule has 1 aliphatic heterocycles. The highest BCUT2D eigenvalue weighted by atomic mass is 32.1. The van der Waals surface area contributed by atoms with Gasteiger partial charge < -0.3 is 4.74 Å². The van der Waals surface area contributed by atoms with Crippen LogP contribution in [0.15, 0.2) is 46.6 Å². The molecule has 0 aliphatic carbocycles. The van der Waals surface area contributed by atoms with Crippen molar-refractivity contribution < 1.29 is 9.13 Å². The van der Waals surface area contributed by atoms with E-state index in [9.17, 15) is 9.18 Å². The maximum atomic E-state index is 13.6. The van der Waals surface area contributed by atoms with Crippen LogP contribution in [0, 0.1) is 5.82 Å². The number of ether oxygens (including phenoxy) is 1. The molecule has 0 amide bonds. The minimum Gasteiger partial charge on any atom is -0.370 e. The second-order valence-corrected chi connectivity index (χ2v) is 10.6. The normalized spacial score (nSPS) is 15.5. The van der Waals surface area contributed by atoms with Crippen LogP contribution in [0.2, 0.25) is 0 Å². The summed E-state index contributed by atoms with van der Waals surface area (Å²) in [4.78, 5) is 21.2. The molecule has 9 heteroatoms. The fraction of sp³-hybridized carbons (Fsp3) is 0.261. The van der Waals surface area contributed by atoms with Crippen molar-refractivity contribution in [3.8, 4) is 10.7 Å². The highest BCUT2D eigenvalue weighted by molar-refractivity contribution is 7.19. The summed E-state index contributed by atoms with van der Waals surface area (Å²) in [5.41, 5.74) is 2.04. The van der Waals surface area contributed by atoms with Gasteiger partial charge in [-0.2, -0.15) is 4.52 Å². The van der Waals surface area contributed by atoms with Gasteiger partial charge >= 0.3 is 5.69 Å². The van der Waals surface area contributed by atoms with Gasteiger partial charge in [0, 0.05) is 11.3 Å². The Morgan fingerprint density at radius 3 is 2.78 bits per heavy atom. The third kappa shape index (κ3) is 3.11. The maximum absolute atomic E-state index is 13.6. The van der Waals surface area contributed by atoms with Crippen LogP contribution in [-0.4, -0.2) is 24.8 Å². The topological polar surface area (TPSA) is 61.4 Å². The first-order valence-corrected chi connectivity index (χ1v) is 12.0. The van der Waals surface area contributed by atoms with Crippen LogP contribution in [0.4, 0.5) is 4.39 Å². The Balaban J connectivity index is 1.66. The van der Waals surface area contributed by atoms with E-state index in [1.807, 2.05) is 17.5 Å². The highest BCUT2D eigenvalue weighted by Gasteiger charge is 2.32. The Morgan fingerprint density at radius 2 is 2.03 bits per heavy atom. The number of rotatable bonds is 3. The van der Waals surface area contributed by atoms with Crippen molar-refractivity contribution in [3.63, 3.8) is 0 Å². The number of nitrogens with zero attached hydrogens (tertiary/aromatic N) is 4.